The van der Waals surface area contributed by atoms with Crippen molar-refractivity contribution in [2.75, 3.05) is 25.0 Å². The third kappa shape index (κ3) is 2.76. The van der Waals surface area contributed by atoms with Crippen molar-refractivity contribution in [3.05, 3.63) is 64.6 Å². The van der Waals surface area contributed by atoms with E-state index in [0.717, 1.165) is 61.4 Å². The molecule has 0 amide bonds. The maximum atomic E-state index is 14.0. The van der Waals surface area contributed by atoms with Crippen LogP contribution in [0.4, 0.5) is 10.2 Å². The van der Waals surface area contributed by atoms with E-state index < -0.39 is 0 Å². The highest BCUT2D eigenvalue weighted by Gasteiger charge is 2.54. The van der Waals surface area contributed by atoms with Gasteiger partial charge in [-0.3, -0.25) is 9.47 Å². The number of rotatable bonds is 2. The lowest BCUT2D eigenvalue weighted by Gasteiger charge is -2.59. The molecule has 1 saturated carbocycles. The van der Waals surface area contributed by atoms with E-state index in [9.17, 15) is 4.39 Å². The first-order valence-electron chi connectivity index (χ1n) is 10.3. The molecular formula is C22H22ClFN6. The number of halogens is 2. The van der Waals surface area contributed by atoms with Crippen molar-refractivity contribution in [1.29, 1.82) is 0 Å². The monoisotopic (exact) mass is 424 g/mol. The first-order valence-corrected chi connectivity index (χ1v) is 10.7. The zero-order chi connectivity index (χ0) is 20.5. The normalized spacial score (nSPS) is 20.3. The molecule has 1 aromatic carbocycles. The van der Waals surface area contributed by atoms with Gasteiger partial charge in [-0.1, -0.05) is 11.6 Å². The number of nitrogens with zero attached hydrogens (tertiary/aromatic N) is 6. The van der Waals surface area contributed by atoms with Gasteiger partial charge < -0.3 is 4.90 Å². The summed E-state index contributed by atoms with van der Waals surface area (Å²) in [6.07, 6.45) is 3.75. The molecule has 3 aliphatic rings. The van der Waals surface area contributed by atoms with Crippen molar-refractivity contribution in [1.82, 2.24) is 24.6 Å². The minimum absolute atomic E-state index is 0.241. The smallest absolute Gasteiger partial charge is 0.165 e. The van der Waals surface area contributed by atoms with Crippen molar-refractivity contribution >= 4 is 17.4 Å². The molecule has 3 aromatic rings. The van der Waals surface area contributed by atoms with E-state index in [0.29, 0.717) is 11.7 Å². The summed E-state index contributed by atoms with van der Waals surface area (Å²) in [5.41, 5.74) is 2.57. The molecule has 1 spiro atoms. The summed E-state index contributed by atoms with van der Waals surface area (Å²) in [4.78, 5) is 8.49. The zero-order valence-electron chi connectivity index (χ0n) is 16.7. The van der Waals surface area contributed by atoms with Crippen LogP contribution in [0.3, 0.4) is 0 Å². The van der Waals surface area contributed by atoms with Crippen molar-refractivity contribution < 1.29 is 4.39 Å². The number of anilines is 1. The fourth-order valence-electron chi connectivity index (χ4n) is 5.40. The SMILES string of the molecule is CN1Cc2cc(Cl)ccc2-n2c(nnc2C2CC3(C2)CN(c2ncccc2F)C3)C1. The van der Waals surface area contributed by atoms with E-state index in [-0.39, 0.29) is 11.2 Å². The zero-order valence-corrected chi connectivity index (χ0v) is 17.5. The number of pyridine rings is 1. The van der Waals surface area contributed by atoms with E-state index >= 15 is 0 Å². The summed E-state index contributed by atoms with van der Waals surface area (Å²) in [7, 11) is 2.09. The topological polar surface area (TPSA) is 50.1 Å². The highest BCUT2D eigenvalue weighted by Crippen LogP contribution is 2.56. The lowest BCUT2D eigenvalue weighted by molar-refractivity contribution is 0.0576. The summed E-state index contributed by atoms with van der Waals surface area (Å²) >= 11 is 6.26. The van der Waals surface area contributed by atoms with Gasteiger partial charge in [-0.05, 0) is 55.8 Å². The molecule has 2 aromatic heterocycles. The van der Waals surface area contributed by atoms with Crippen molar-refractivity contribution in [2.45, 2.75) is 31.8 Å². The molecule has 0 N–H and O–H groups in total. The van der Waals surface area contributed by atoms with E-state index in [1.54, 1.807) is 12.3 Å². The van der Waals surface area contributed by atoms with Crippen LogP contribution in [0.5, 0.6) is 0 Å². The van der Waals surface area contributed by atoms with Crippen LogP contribution in [0.1, 0.15) is 36.0 Å². The van der Waals surface area contributed by atoms with Crippen LogP contribution in [-0.4, -0.2) is 44.8 Å². The van der Waals surface area contributed by atoms with Gasteiger partial charge in [0.15, 0.2) is 17.5 Å². The van der Waals surface area contributed by atoms with Gasteiger partial charge in [0.1, 0.15) is 5.82 Å². The minimum Gasteiger partial charge on any atom is -0.353 e. The summed E-state index contributed by atoms with van der Waals surface area (Å²) < 4.78 is 16.3. The van der Waals surface area contributed by atoms with Gasteiger partial charge in [0.05, 0.1) is 12.2 Å². The Morgan fingerprint density at radius 2 is 1.97 bits per heavy atom. The van der Waals surface area contributed by atoms with Crippen LogP contribution in [0.15, 0.2) is 36.5 Å². The lowest BCUT2D eigenvalue weighted by atomic mass is 9.57. The molecule has 1 aliphatic carbocycles. The summed E-state index contributed by atoms with van der Waals surface area (Å²) in [5, 5.41) is 9.87. The molecule has 6 nitrogen and oxygen atoms in total. The van der Waals surface area contributed by atoms with Gasteiger partial charge in [-0.2, -0.15) is 0 Å². The number of benzene rings is 1. The van der Waals surface area contributed by atoms with Gasteiger partial charge >= 0.3 is 0 Å². The third-order valence-electron chi connectivity index (χ3n) is 6.70. The molecule has 0 atom stereocenters. The highest BCUT2D eigenvalue weighted by molar-refractivity contribution is 6.30. The second kappa shape index (κ2) is 6.49. The Morgan fingerprint density at radius 3 is 2.77 bits per heavy atom. The molecule has 8 heteroatoms. The molecule has 154 valence electrons. The fraction of sp³-hybridized carbons (Fsp3) is 0.409. The maximum absolute atomic E-state index is 14.0. The fourth-order valence-corrected chi connectivity index (χ4v) is 5.59. The summed E-state index contributed by atoms with van der Waals surface area (Å²) in [6, 6.07) is 9.17. The Balaban J connectivity index is 1.25. The molecule has 1 saturated heterocycles. The lowest BCUT2D eigenvalue weighted by Crippen LogP contribution is -2.62. The van der Waals surface area contributed by atoms with Crippen LogP contribution < -0.4 is 4.90 Å². The molecule has 2 fully saturated rings. The Bertz CT molecular complexity index is 1130. The molecule has 2 aliphatic heterocycles. The summed E-state index contributed by atoms with van der Waals surface area (Å²) in [6.45, 7) is 3.29. The van der Waals surface area contributed by atoms with Gasteiger partial charge in [0.25, 0.3) is 0 Å². The van der Waals surface area contributed by atoms with Crippen LogP contribution in [0.2, 0.25) is 5.02 Å². The van der Waals surface area contributed by atoms with E-state index in [2.05, 4.69) is 37.8 Å². The van der Waals surface area contributed by atoms with Gasteiger partial charge in [-0.25, -0.2) is 9.37 Å². The first kappa shape index (κ1) is 18.3. The van der Waals surface area contributed by atoms with Crippen LogP contribution in [0, 0.1) is 11.2 Å². The van der Waals surface area contributed by atoms with Crippen molar-refractivity contribution in [3.63, 3.8) is 0 Å². The minimum atomic E-state index is -0.245. The van der Waals surface area contributed by atoms with Crippen LogP contribution >= 0.6 is 11.6 Å². The third-order valence-corrected chi connectivity index (χ3v) is 6.94. The Hall–Kier alpha value is -2.51. The standard InChI is InChI=1S/C22H22ClFN6/c1-28-10-14-7-16(23)4-5-18(14)30-19(11-28)26-27-20(30)15-8-22(9-15)12-29(13-22)21-17(24)3-2-6-25-21/h2-7,15H,8-13H2,1H3. The average molecular weight is 425 g/mol. The number of hydrogen-bond acceptors (Lipinski definition) is 5. The van der Waals surface area contributed by atoms with E-state index in [1.807, 2.05) is 17.0 Å². The second-order valence-corrected chi connectivity index (χ2v) is 9.46. The van der Waals surface area contributed by atoms with Crippen molar-refractivity contribution in [3.8, 4) is 5.69 Å². The molecule has 0 unspecified atom stereocenters. The Labute approximate surface area is 179 Å². The number of fused-ring (bicyclic) bond motifs is 3. The van der Waals surface area contributed by atoms with Gasteiger partial charge in [0.2, 0.25) is 0 Å². The largest absolute Gasteiger partial charge is 0.353 e. The molecule has 0 bridgehead atoms. The Kier molecular flexibility index (Phi) is 3.95. The molecule has 6 rings (SSSR count). The first-order chi connectivity index (χ1) is 14.5. The van der Waals surface area contributed by atoms with Crippen LogP contribution in [0.25, 0.3) is 5.69 Å². The number of aromatic nitrogens is 4. The quantitative estimate of drug-likeness (QED) is 0.626. The maximum Gasteiger partial charge on any atom is 0.165 e. The van der Waals surface area contributed by atoms with Crippen LogP contribution in [-0.2, 0) is 13.1 Å². The highest BCUT2D eigenvalue weighted by atomic mass is 35.5. The average Bonchev–Trinajstić information content (AvgIpc) is 2.97. The predicted octanol–water partition coefficient (Wildman–Crippen LogP) is 3.78. The van der Waals surface area contributed by atoms with Crippen molar-refractivity contribution in [2.24, 2.45) is 5.41 Å². The number of hydrogen-bond donors (Lipinski definition) is 0. The van der Waals surface area contributed by atoms with Gasteiger partial charge in [-0.15, -0.1) is 10.2 Å². The summed E-state index contributed by atoms with van der Waals surface area (Å²) in [5.74, 6) is 2.60. The molecule has 0 radical (unpaired) electrons. The molecule has 4 heterocycles. The van der Waals surface area contributed by atoms with E-state index in [4.69, 9.17) is 11.6 Å². The molecular weight excluding hydrogens is 403 g/mol. The molecule has 30 heavy (non-hydrogen) atoms. The van der Waals surface area contributed by atoms with E-state index in [1.165, 1.54) is 11.6 Å². The predicted molar refractivity (Wildman–Crippen MR) is 112 cm³/mol. The van der Waals surface area contributed by atoms with Gasteiger partial charge in [0, 0.05) is 42.2 Å². The Morgan fingerprint density at radius 1 is 1.13 bits per heavy atom. The second-order valence-electron chi connectivity index (χ2n) is 9.03.